The largest absolute Gasteiger partial charge is 0.507 e. The number of aliphatic hydroxyl groups excluding tert-OH is 1. The van der Waals surface area contributed by atoms with Crippen LogP contribution < -0.4 is 14.2 Å². The molecule has 1 heterocycles. The molecule has 8 nitrogen and oxygen atoms in total. The van der Waals surface area contributed by atoms with Gasteiger partial charge >= 0.3 is 0 Å². The fraction of sp³-hybridized carbons (Fsp3) is 0.235. The lowest BCUT2D eigenvalue weighted by Gasteiger charge is -2.30. The van der Waals surface area contributed by atoms with Crippen LogP contribution in [0.2, 0.25) is 0 Å². The first kappa shape index (κ1) is 16.7. The van der Waals surface area contributed by atoms with Crippen LogP contribution in [0.5, 0.6) is 34.5 Å². The molecule has 0 amide bonds. The minimum atomic E-state index is -1.62. The van der Waals surface area contributed by atoms with Gasteiger partial charge in [-0.2, -0.15) is 0 Å². The Morgan fingerprint density at radius 1 is 1.00 bits per heavy atom. The quantitative estimate of drug-likeness (QED) is 0.615. The third-order valence-electron chi connectivity index (χ3n) is 3.97. The fourth-order valence-corrected chi connectivity index (χ4v) is 2.71. The molecular formula is C17H16O8. The van der Waals surface area contributed by atoms with Crippen molar-refractivity contribution in [2.75, 3.05) is 14.2 Å². The van der Waals surface area contributed by atoms with Gasteiger partial charge in [0.1, 0.15) is 22.8 Å². The molecule has 0 bridgehead atoms. The Bertz CT molecular complexity index is 845. The molecule has 0 spiro atoms. The van der Waals surface area contributed by atoms with Crippen LogP contribution in [-0.2, 0) is 0 Å². The van der Waals surface area contributed by atoms with E-state index in [9.17, 15) is 25.2 Å². The summed E-state index contributed by atoms with van der Waals surface area (Å²) in [5.74, 6) is -1.81. The molecule has 8 heteroatoms. The number of phenolic OH excluding ortho intramolecular Hbond substituents is 3. The van der Waals surface area contributed by atoms with Crippen molar-refractivity contribution in [2.24, 2.45) is 0 Å². The number of aliphatic hydroxyl groups is 1. The molecule has 132 valence electrons. The van der Waals surface area contributed by atoms with Gasteiger partial charge in [-0.05, 0) is 12.1 Å². The van der Waals surface area contributed by atoms with E-state index in [1.165, 1.54) is 32.4 Å². The highest BCUT2D eigenvalue weighted by atomic mass is 16.5. The predicted octanol–water partition coefficient (Wildman–Crippen LogP) is 1.50. The number of hydrogen-bond acceptors (Lipinski definition) is 8. The lowest BCUT2D eigenvalue weighted by molar-refractivity contribution is 0.0209. The SMILES string of the molecule is COc1cc(O)c2c(c1)OC(c1cc(O)c(O)c(OC)c1)C(O)C2=O. The van der Waals surface area contributed by atoms with E-state index in [0.717, 1.165) is 6.07 Å². The molecule has 0 radical (unpaired) electrons. The number of ether oxygens (including phenoxy) is 3. The number of rotatable bonds is 3. The van der Waals surface area contributed by atoms with Crippen molar-refractivity contribution in [3.8, 4) is 34.5 Å². The van der Waals surface area contributed by atoms with Gasteiger partial charge in [0.2, 0.25) is 11.5 Å². The smallest absolute Gasteiger partial charge is 0.202 e. The van der Waals surface area contributed by atoms with E-state index in [1.54, 1.807) is 0 Å². The first-order valence-corrected chi connectivity index (χ1v) is 7.27. The van der Waals surface area contributed by atoms with E-state index in [-0.39, 0.29) is 34.1 Å². The summed E-state index contributed by atoms with van der Waals surface area (Å²) in [6, 6.07) is 5.14. The lowest BCUT2D eigenvalue weighted by atomic mass is 9.92. The Hall–Kier alpha value is -3.13. The number of aromatic hydroxyl groups is 3. The number of carbonyl (C=O) groups excluding carboxylic acids is 1. The van der Waals surface area contributed by atoms with E-state index < -0.39 is 29.5 Å². The topological polar surface area (TPSA) is 126 Å². The van der Waals surface area contributed by atoms with E-state index in [4.69, 9.17) is 14.2 Å². The number of ketones is 1. The maximum Gasteiger partial charge on any atom is 0.202 e. The van der Waals surface area contributed by atoms with E-state index >= 15 is 0 Å². The lowest BCUT2D eigenvalue weighted by Crippen LogP contribution is -2.36. The number of methoxy groups -OCH3 is 2. The Morgan fingerprint density at radius 2 is 1.72 bits per heavy atom. The summed E-state index contributed by atoms with van der Waals surface area (Å²) in [5.41, 5.74) is 0.0560. The summed E-state index contributed by atoms with van der Waals surface area (Å²) in [6.07, 6.45) is -2.80. The molecule has 2 aromatic rings. The van der Waals surface area contributed by atoms with Crippen LogP contribution in [0.1, 0.15) is 22.0 Å². The number of benzene rings is 2. The van der Waals surface area contributed by atoms with E-state index in [1.807, 2.05) is 0 Å². The van der Waals surface area contributed by atoms with Crippen LogP contribution in [0.25, 0.3) is 0 Å². The van der Waals surface area contributed by atoms with Gasteiger partial charge in [0, 0.05) is 17.7 Å². The van der Waals surface area contributed by atoms with Gasteiger partial charge < -0.3 is 34.6 Å². The van der Waals surface area contributed by atoms with Gasteiger partial charge in [0.15, 0.2) is 23.7 Å². The molecule has 0 saturated carbocycles. The first-order valence-electron chi connectivity index (χ1n) is 7.27. The highest BCUT2D eigenvalue weighted by Crippen LogP contribution is 2.45. The fourth-order valence-electron chi connectivity index (χ4n) is 2.71. The molecule has 0 fully saturated rings. The van der Waals surface area contributed by atoms with Gasteiger partial charge in [-0.25, -0.2) is 0 Å². The summed E-state index contributed by atoms with van der Waals surface area (Å²) in [5, 5.41) is 39.8. The standard InChI is InChI=1S/C17H16O8/c1-23-8-5-9(18)13-11(6-8)25-17(16(22)15(13)21)7-3-10(19)14(20)12(4-7)24-2/h3-6,16-20,22H,1-2H3. The molecule has 0 saturated heterocycles. The van der Waals surface area contributed by atoms with Gasteiger partial charge in [-0.1, -0.05) is 0 Å². The molecule has 0 aromatic heterocycles. The van der Waals surface area contributed by atoms with Crippen molar-refractivity contribution in [1.82, 2.24) is 0 Å². The van der Waals surface area contributed by atoms with Crippen LogP contribution in [-0.4, -0.2) is 46.5 Å². The molecule has 2 unspecified atom stereocenters. The average Bonchev–Trinajstić information content (AvgIpc) is 2.59. The average molecular weight is 348 g/mol. The molecular weight excluding hydrogens is 332 g/mol. The van der Waals surface area contributed by atoms with Crippen molar-refractivity contribution >= 4 is 5.78 Å². The van der Waals surface area contributed by atoms with Crippen LogP contribution in [0.15, 0.2) is 24.3 Å². The molecule has 25 heavy (non-hydrogen) atoms. The zero-order valence-corrected chi connectivity index (χ0v) is 13.4. The second-order valence-corrected chi connectivity index (χ2v) is 5.46. The zero-order chi connectivity index (χ0) is 18.3. The Balaban J connectivity index is 2.10. The van der Waals surface area contributed by atoms with Gasteiger partial charge in [-0.15, -0.1) is 0 Å². The minimum Gasteiger partial charge on any atom is -0.507 e. The normalized spacial score (nSPS) is 19.1. The highest BCUT2D eigenvalue weighted by molar-refractivity contribution is 6.05. The Labute approximate surface area is 142 Å². The van der Waals surface area contributed by atoms with E-state index in [2.05, 4.69) is 0 Å². The van der Waals surface area contributed by atoms with Crippen molar-refractivity contribution in [3.63, 3.8) is 0 Å². The second-order valence-electron chi connectivity index (χ2n) is 5.46. The number of phenols is 3. The van der Waals surface area contributed by atoms with Crippen LogP contribution in [0.4, 0.5) is 0 Å². The third kappa shape index (κ3) is 2.66. The van der Waals surface area contributed by atoms with Crippen LogP contribution in [0.3, 0.4) is 0 Å². The van der Waals surface area contributed by atoms with Crippen molar-refractivity contribution < 1.29 is 39.4 Å². The molecule has 2 atom stereocenters. The minimum absolute atomic E-state index is 0.0312. The summed E-state index contributed by atoms with van der Waals surface area (Å²) in [6.45, 7) is 0. The monoisotopic (exact) mass is 348 g/mol. The van der Waals surface area contributed by atoms with Crippen LogP contribution >= 0.6 is 0 Å². The summed E-state index contributed by atoms with van der Waals surface area (Å²) in [7, 11) is 2.68. The highest BCUT2D eigenvalue weighted by Gasteiger charge is 2.39. The Kier molecular flexibility index (Phi) is 4.05. The zero-order valence-electron chi connectivity index (χ0n) is 13.4. The third-order valence-corrected chi connectivity index (χ3v) is 3.97. The first-order chi connectivity index (χ1) is 11.9. The maximum absolute atomic E-state index is 12.5. The Morgan fingerprint density at radius 3 is 2.36 bits per heavy atom. The molecule has 3 rings (SSSR count). The number of Topliss-reactive ketones (excluding diaryl/α,β-unsaturated/α-hetero) is 1. The molecule has 1 aliphatic heterocycles. The summed E-state index contributed by atoms with van der Waals surface area (Å²) >= 11 is 0. The maximum atomic E-state index is 12.5. The predicted molar refractivity (Wildman–Crippen MR) is 84.7 cm³/mol. The van der Waals surface area contributed by atoms with Crippen molar-refractivity contribution in [3.05, 3.63) is 35.4 Å². The summed E-state index contributed by atoms with van der Waals surface area (Å²) < 4.78 is 15.6. The van der Waals surface area contributed by atoms with Gasteiger partial charge in [0.25, 0.3) is 0 Å². The molecule has 4 N–H and O–H groups in total. The molecule has 1 aliphatic rings. The van der Waals surface area contributed by atoms with Crippen molar-refractivity contribution in [2.45, 2.75) is 12.2 Å². The van der Waals surface area contributed by atoms with Gasteiger partial charge in [-0.3, -0.25) is 4.79 Å². The summed E-state index contributed by atoms with van der Waals surface area (Å²) in [4.78, 5) is 12.5. The molecule has 0 aliphatic carbocycles. The van der Waals surface area contributed by atoms with Crippen LogP contribution in [0, 0.1) is 0 Å². The number of fused-ring (bicyclic) bond motifs is 1. The second kappa shape index (κ2) is 6.06. The molecule has 2 aromatic carbocycles. The van der Waals surface area contributed by atoms with E-state index in [0.29, 0.717) is 0 Å². The number of hydrogen-bond donors (Lipinski definition) is 4. The van der Waals surface area contributed by atoms with Gasteiger partial charge in [0.05, 0.1) is 14.2 Å². The number of carbonyl (C=O) groups is 1. The van der Waals surface area contributed by atoms with Crippen molar-refractivity contribution in [1.29, 1.82) is 0 Å².